The molecule has 2 aromatic heterocycles. The first kappa shape index (κ1) is 20.4. The molecule has 0 bridgehead atoms. The number of fused-ring (bicyclic) bond motifs is 1. The molecule has 11 heteroatoms. The molecular weight excluding hydrogens is 421 g/mol. The normalized spacial score (nSPS) is 15.5. The largest absolute Gasteiger partial charge is 0.453 e. The first-order chi connectivity index (χ1) is 14.3. The van der Waals surface area contributed by atoms with E-state index in [4.69, 9.17) is 11.6 Å². The zero-order valence-electron chi connectivity index (χ0n) is 15.7. The number of halogens is 4. The first-order valence-electron chi connectivity index (χ1n) is 9.35. The number of benzene rings is 1. The van der Waals surface area contributed by atoms with E-state index in [1.807, 2.05) is 29.2 Å². The van der Waals surface area contributed by atoms with Crippen LogP contribution in [0.2, 0.25) is 0 Å². The number of alkyl halides is 4. The van der Waals surface area contributed by atoms with E-state index >= 15 is 0 Å². The van der Waals surface area contributed by atoms with Gasteiger partial charge in [-0.2, -0.15) is 17.7 Å². The third kappa shape index (κ3) is 4.18. The summed E-state index contributed by atoms with van der Waals surface area (Å²) in [4.78, 5) is 13.3. The summed E-state index contributed by atoms with van der Waals surface area (Å²) < 4.78 is 40.0. The van der Waals surface area contributed by atoms with E-state index in [1.165, 1.54) is 6.07 Å². The summed E-state index contributed by atoms with van der Waals surface area (Å²) in [7, 11) is 0. The van der Waals surface area contributed by atoms with Crippen molar-refractivity contribution in [3.05, 3.63) is 47.8 Å². The van der Waals surface area contributed by atoms with Crippen LogP contribution in [0, 0.1) is 0 Å². The summed E-state index contributed by atoms with van der Waals surface area (Å²) in [5.74, 6) is -0.701. The Morgan fingerprint density at radius 1 is 1.10 bits per heavy atom. The van der Waals surface area contributed by atoms with Crippen molar-refractivity contribution >= 4 is 34.7 Å². The van der Waals surface area contributed by atoms with Gasteiger partial charge in [-0.15, -0.1) is 26.9 Å². The standard InChI is InChI=1S/C19H18ClF3N6O/c20-11-17(30)24-14-3-1-12(2-4-14)13-7-9-28(10-8-13)16-6-5-15-25-26-18(19(21,22)23)29(15)27-16/h1-6,13H,7-11H2,(H,24,30). The Kier molecular flexibility index (Phi) is 5.50. The van der Waals surface area contributed by atoms with E-state index in [9.17, 15) is 18.0 Å². The van der Waals surface area contributed by atoms with Gasteiger partial charge in [0, 0.05) is 18.8 Å². The van der Waals surface area contributed by atoms with Crippen LogP contribution in [-0.4, -0.2) is 44.7 Å². The Morgan fingerprint density at radius 3 is 2.43 bits per heavy atom. The molecule has 0 saturated carbocycles. The van der Waals surface area contributed by atoms with Crippen molar-refractivity contribution in [1.29, 1.82) is 0 Å². The second-order valence-electron chi connectivity index (χ2n) is 7.05. The molecule has 0 spiro atoms. The number of rotatable bonds is 4. The Bertz CT molecular complexity index is 1040. The molecule has 0 atom stereocenters. The predicted octanol–water partition coefficient (Wildman–Crippen LogP) is 3.70. The van der Waals surface area contributed by atoms with Crippen LogP contribution in [0.1, 0.15) is 30.1 Å². The molecule has 1 aromatic carbocycles. The van der Waals surface area contributed by atoms with Crippen molar-refractivity contribution in [2.24, 2.45) is 0 Å². The number of carbonyl (C=O) groups is 1. The van der Waals surface area contributed by atoms with E-state index in [0.29, 0.717) is 30.5 Å². The highest BCUT2D eigenvalue weighted by Gasteiger charge is 2.38. The van der Waals surface area contributed by atoms with Crippen LogP contribution < -0.4 is 10.2 Å². The highest BCUT2D eigenvalue weighted by atomic mass is 35.5. The minimum Gasteiger partial charge on any atom is -0.355 e. The molecule has 3 aromatic rings. The van der Waals surface area contributed by atoms with E-state index in [2.05, 4.69) is 20.6 Å². The first-order valence-corrected chi connectivity index (χ1v) is 9.89. The number of piperidine rings is 1. The Morgan fingerprint density at radius 2 is 1.80 bits per heavy atom. The van der Waals surface area contributed by atoms with Crippen molar-refractivity contribution in [2.45, 2.75) is 24.9 Å². The second-order valence-corrected chi connectivity index (χ2v) is 7.32. The number of nitrogens with one attached hydrogen (secondary N) is 1. The molecular formula is C19H18ClF3N6O. The van der Waals surface area contributed by atoms with Crippen LogP contribution in [-0.2, 0) is 11.0 Å². The zero-order chi connectivity index (χ0) is 21.3. The number of anilines is 2. The van der Waals surface area contributed by atoms with Gasteiger partial charge in [-0.3, -0.25) is 4.79 Å². The van der Waals surface area contributed by atoms with Crippen LogP contribution in [0.3, 0.4) is 0 Å². The highest BCUT2D eigenvalue weighted by Crippen LogP contribution is 2.31. The van der Waals surface area contributed by atoms with Crippen LogP contribution in [0.5, 0.6) is 0 Å². The van der Waals surface area contributed by atoms with Crippen LogP contribution in [0.4, 0.5) is 24.7 Å². The number of hydrogen-bond acceptors (Lipinski definition) is 5. The van der Waals surface area contributed by atoms with E-state index in [-0.39, 0.29) is 17.4 Å². The SMILES string of the molecule is O=C(CCl)Nc1ccc(C2CCN(c3ccc4nnc(C(F)(F)F)n4n3)CC2)cc1. The maximum Gasteiger partial charge on any atom is 0.453 e. The van der Waals surface area contributed by atoms with Gasteiger partial charge in [0.2, 0.25) is 5.91 Å². The van der Waals surface area contributed by atoms with Gasteiger partial charge in [-0.1, -0.05) is 12.1 Å². The number of aromatic nitrogens is 4. The van der Waals surface area contributed by atoms with Gasteiger partial charge in [-0.05, 0) is 48.6 Å². The number of amides is 1. The average Bonchev–Trinajstić information content (AvgIpc) is 3.18. The van der Waals surface area contributed by atoms with Gasteiger partial charge in [0.25, 0.3) is 5.82 Å². The summed E-state index contributed by atoms with van der Waals surface area (Å²) in [6.45, 7) is 1.33. The Labute approximate surface area is 174 Å². The van der Waals surface area contributed by atoms with Crippen molar-refractivity contribution in [1.82, 2.24) is 19.8 Å². The molecule has 1 saturated heterocycles. The lowest BCUT2D eigenvalue weighted by atomic mass is 9.89. The molecule has 1 aliphatic rings. The molecule has 1 amide bonds. The second kappa shape index (κ2) is 8.10. The molecule has 158 valence electrons. The van der Waals surface area contributed by atoms with Crippen molar-refractivity contribution in [3.8, 4) is 0 Å². The molecule has 0 unspecified atom stereocenters. The maximum atomic E-state index is 13.1. The van der Waals surface area contributed by atoms with Gasteiger partial charge in [0.05, 0.1) is 0 Å². The molecule has 0 aliphatic carbocycles. The van der Waals surface area contributed by atoms with Gasteiger partial charge >= 0.3 is 6.18 Å². The fraction of sp³-hybridized carbons (Fsp3) is 0.368. The third-order valence-electron chi connectivity index (χ3n) is 5.11. The molecule has 1 aliphatic heterocycles. The monoisotopic (exact) mass is 438 g/mol. The van der Waals surface area contributed by atoms with Crippen LogP contribution >= 0.6 is 11.6 Å². The predicted molar refractivity (Wildman–Crippen MR) is 106 cm³/mol. The molecule has 3 heterocycles. The Balaban J connectivity index is 1.44. The van der Waals surface area contributed by atoms with Crippen molar-refractivity contribution < 1.29 is 18.0 Å². The van der Waals surface area contributed by atoms with Crippen molar-refractivity contribution in [2.75, 3.05) is 29.2 Å². The summed E-state index contributed by atoms with van der Waals surface area (Å²) in [6, 6.07) is 10.8. The fourth-order valence-corrected chi connectivity index (χ4v) is 3.67. The van der Waals surface area contributed by atoms with Gasteiger partial charge in [0.15, 0.2) is 5.65 Å². The van der Waals surface area contributed by atoms with Crippen molar-refractivity contribution in [3.63, 3.8) is 0 Å². The summed E-state index contributed by atoms with van der Waals surface area (Å²) in [5.41, 5.74) is 1.90. The Hall–Kier alpha value is -2.88. The lowest BCUT2D eigenvalue weighted by molar-refractivity contribution is -0.146. The number of hydrogen-bond donors (Lipinski definition) is 1. The minimum atomic E-state index is -4.62. The molecule has 0 radical (unpaired) electrons. The highest BCUT2D eigenvalue weighted by molar-refractivity contribution is 6.29. The molecule has 30 heavy (non-hydrogen) atoms. The smallest absolute Gasteiger partial charge is 0.355 e. The minimum absolute atomic E-state index is 0.0577. The number of carbonyl (C=O) groups excluding carboxylic acids is 1. The lowest BCUT2D eigenvalue weighted by Crippen LogP contribution is -2.34. The third-order valence-corrected chi connectivity index (χ3v) is 5.35. The molecule has 1 N–H and O–H groups in total. The molecule has 4 rings (SSSR count). The summed E-state index contributed by atoms with van der Waals surface area (Å²) in [5, 5.41) is 13.6. The molecule has 1 fully saturated rings. The summed E-state index contributed by atoms with van der Waals surface area (Å²) >= 11 is 5.49. The van der Waals surface area contributed by atoms with Crippen LogP contribution in [0.15, 0.2) is 36.4 Å². The maximum absolute atomic E-state index is 13.1. The zero-order valence-corrected chi connectivity index (χ0v) is 16.5. The van der Waals surface area contributed by atoms with Gasteiger partial charge in [-0.25, -0.2) is 0 Å². The average molecular weight is 439 g/mol. The van der Waals surface area contributed by atoms with E-state index < -0.39 is 12.0 Å². The fourth-order valence-electron chi connectivity index (χ4n) is 3.60. The van der Waals surface area contributed by atoms with Gasteiger partial charge in [0.1, 0.15) is 11.7 Å². The van der Waals surface area contributed by atoms with E-state index in [0.717, 1.165) is 22.9 Å². The topological polar surface area (TPSA) is 75.4 Å². The van der Waals surface area contributed by atoms with E-state index in [1.54, 1.807) is 6.07 Å². The van der Waals surface area contributed by atoms with Crippen LogP contribution in [0.25, 0.3) is 5.65 Å². The summed E-state index contributed by atoms with van der Waals surface area (Å²) in [6.07, 6.45) is -2.95. The van der Waals surface area contributed by atoms with Gasteiger partial charge < -0.3 is 10.2 Å². The lowest BCUT2D eigenvalue weighted by Gasteiger charge is -2.33. The quantitative estimate of drug-likeness (QED) is 0.628. The molecule has 7 nitrogen and oxygen atoms in total. The number of nitrogens with zero attached hydrogens (tertiary/aromatic N) is 5.